The molecule has 86 valence electrons. The molecule has 16 heavy (non-hydrogen) atoms. The van der Waals surface area contributed by atoms with Crippen molar-refractivity contribution in [3.05, 3.63) is 9.81 Å². The van der Waals surface area contributed by atoms with E-state index in [2.05, 4.69) is 0 Å². The van der Waals surface area contributed by atoms with Crippen molar-refractivity contribution < 1.29 is 9.59 Å². The fraction of sp³-hybridized carbons (Fsp3) is 0.667. The summed E-state index contributed by atoms with van der Waals surface area (Å²) in [5.41, 5.74) is 1.02. The number of carbonyl (C=O) groups excluding carboxylic acids is 2. The Bertz CT molecular complexity index is 378. The fourth-order valence-corrected chi connectivity index (χ4v) is 5.69. The highest BCUT2D eigenvalue weighted by molar-refractivity contribution is 8.22. The van der Waals surface area contributed by atoms with E-state index < -0.39 is 0 Å². The number of carbonyl (C=O) groups is 2. The van der Waals surface area contributed by atoms with Gasteiger partial charge in [-0.05, 0) is 29.8 Å². The molecule has 1 aliphatic heterocycles. The highest BCUT2D eigenvalue weighted by Gasteiger charge is 2.45. The summed E-state index contributed by atoms with van der Waals surface area (Å²) in [6, 6.07) is 0. The molecule has 3 fully saturated rings. The Morgan fingerprint density at radius 3 is 2.50 bits per heavy atom. The maximum atomic E-state index is 12.0. The van der Waals surface area contributed by atoms with Gasteiger partial charge in [-0.1, -0.05) is 0 Å². The second-order valence-electron chi connectivity index (χ2n) is 4.69. The lowest BCUT2D eigenvalue weighted by molar-refractivity contribution is -0.118. The van der Waals surface area contributed by atoms with Crippen LogP contribution in [0, 0.1) is 11.8 Å². The minimum absolute atomic E-state index is 0.271. The second-order valence-corrected chi connectivity index (χ2v) is 7.16. The van der Waals surface area contributed by atoms with E-state index in [0.29, 0.717) is 36.7 Å². The lowest BCUT2D eigenvalue weighted by atomic mass is 9.98. The SMILES string of the molecule is O=C1C[C@H]2CC(=O)C(=C3SCCCS3)[C@H]2C1. The molecule has 0 unspecified atom stereocenters. The Labute approximate surface area is 104 Å². The molecule has 0 bridgehead atoms. The summed E-state index contributed by atoms with van der Waals surface area (Å²) in [5.74, 6) is 3.54. The number of fused-ring (bicyclic) bond motifs is 1. The summed E-state index contributed by atoms with van der Waals surface area (Å²) < 4.78 is 1.23. The number of allylic oxidation sites excluding steroid dienone is 1. The zero-order chi connectivity index (χ0) is 11.1. The molecular weight excluding hydrogens is 240 g/mol. The first kappa shape index (κ1) is 10.9. The maximum Gasteiger partial charge on any atom is 0.161 e. The number of hydrogen-bond acceptors (Lipinski definition) is 4. The van der Waals surface area contributed by atoms with Crippen LogP contribution in [0.25, 0.3) is 0 Å². The standard InChI is InChI=1S/C12H14O2S2/c13-8-4-7-5-10(14)11(9(7)6-8)12-15-2-1-3-16-12/h7,9H,1-6H2/t7-,9-/m0/s1. The molecule has 2 atom stereocenters. The average molecular weight is 254 g/mol. The fourth-order valence-electron chi connectivity index (χ4n) is 2.89. The van der Waals surface area contributed by atoms with Gasteiger partial charge in [-0.15, -0.1) is 23.5 Å². The summed E-state index contributed by atoms with van der Waals surface area (Å²) >= 11 is 3.65. The molecule has 1 heterocycles. The van der Waals surface area contributed by atoms with Crippen LogP contribution < -0.4 is 0 Å². The molecule has 0 aromatic carbocycles. The molecule has 4 heteroatoms. The molecule has 0 amide bonds. The third kappa shape index (κ3) is 1.76. The van der Waals surface area contributed by atoms with Gasteiger partial charge in [0.05, 0.1) is 0 Å². The van der Waals surface area contributed by atoms with Gasteiger partial charge in [0.15, 0.2) is 5.78 Å². The minimum Gasteiger partial charge on any atom is -0.300 e. The number of rotatable bonds is 0. The van der Waals surface area contributed by atoms with Crippen LogP contribution in [0.1, 0.15) is 25.7 Å². The van der Waals surface area contributed by atoms with E-state index in [1.54, 1.807) is 0 Å². The summed E-state index contributed by atoms with van der Waals surface area (Å²) in [6.45, 7) is 0. The summed E-state index contributed by atoms with van der Waals surface area (Å²) in [4.78, 5) is 23.4. The molecular formula is C12H14O2S2. The van der Waals surface area contributed by atoms with Gasteiger partial charge in [0.1, 0.15) is 5.78 Å². The van der Waals surface area contributed by atoms with Crippen molar-refractivity contribution in [2.24, 2.45) is 11.8 Å². The van der Waals surface area contributed by atoms with Gasteiger partial charge in [-0.25, -0.2) is 0 Å². The van der Waals surface area contributed by atoms with Gasteiger partial charge >= 0.3 is 0 Å². The van der Waals surface area contributed by atoms with Gasteiger partial charge in [0.25, 0.3) is 0 Å². The largest absolute Gasteiger partial charge is 0.300 e. The highest BCUT2D eigenvalue weighted by atomic mass is 32.2. The molecule has 3 rings (SSSR count). The van der Waals surface area contributed by atoms with Crippen molar-refractivity contribution in [2.45, 2.75) is 25.7 Å². The first-order chi connectivity index (χ1) is 7.75. The van der Waals surface area contributed by atoms with E-state index in [4.69, 9.17) is 0 Å². The third-order valence-corrected chi connectivity index (χ3v) is 6.26. The Hall–Kier alpha value is -0.220. The van der Waals surface area contributed by atoms with Crippen LogP contribution in [0.4, 0.5) is 0 Å². The Balaban J connectivity index is 1.93. The molecule has 0 aromatic rings. The Morgan fingerprint density at radius 2 is 1.75 bits per heavy atom. The van der Waals surface area contributed by atoms with Gasteiger partial charge in [-0.2, -0.15) is 0 Å². The van der Waals surface area contributed by atoms with Gasteiger partial charge < -0.3 is 0 Å². The van der Waals surface area contributed by atoms with E-state index in [-0.39, 0.29) is 5.92 Å². The van der Waals surface area contributed by atoms with Crippen molar-refractivity contribution in [1.82, 2.24) is 0 Å². The zero-order valence-electron chi connectivity index (χ0n) is 9.03. The molecule has 2 nitrogen and oxygen atoms in total. The molecule has 2 saturated carbocycles. The van der Waals surface area contributed by atoms with Gasteiger partial charge in [0.2, 0.25) is 0 Å². The van der Waals surface area contributed by atoms with Gasteiger partial charge in [-0.3, -0.25) is 9.59 Å². The van der Waals surface area contributed by atoms with E-state index in [1.165, 1.54) is 10.7 Å². The number of thioether (sulfide) groups is 2. The third-order valence-electron chi connectivity index (χ3n) is 3.60. The van der Waals surface area contributed by atoms with Crippen molar-refractivity contribution in [2.75, 3.05) is 11.5 Å². The predicted octanol–water partition coefficient (Wildman–Crippen LogP) is 2.64. The van der Waals surface area contributed by atoms with Crippen LogP contribution in [0.2, 0.25) is 0 Å². The minimum atomic E-state index is 0.271. The van der Waals surface area contributed by atoms with E-state index in [9.17, 15) is 9.59 Å². The number of ketones is 2. The first-order valence-electron chi connectivity index (χ1n) is 5.80. The predicted molar refractivity (Wildman–Crippen MR) is 67.4 cm³/mol. The lowest BCUT2D eigenvalue weighted by Gasteiger charge is -2.17. The normalized spacial score (nSPS) is 34.8. The lowest BCUT2D eigenvalue weighted by Crippen LogP contribution is -2.07. The second kappa shape index (κ2) is 4.22. The van der Waals surface area contributed by atoms with Crippen LogP contribution in [0.5, 0.6) is 0 Å². The van der Waals surface area contributed by atoms with Crippen LogP contribution in [0.3, 0.4) is 0 Å². The number of hydrogen-bond donors (Lipinski definition) is 0. The Morgan fingerprint density at radius 1 is 1.00 bits per heavy atom. The van der Waals surface area contributed by atoms with Crippen molar-refractivity contribution >= 4 is 35.1 Å². The van der Waals surface area contributed by atoms with Crippen LogP contribution in [-0.4, -0.2) is 23.1 Å². The van der Waals surface area contributed by atoms with E-state index in [0.717, 1.165) is 17.1 Å². The summed E-state index contributed by atoms with van der Waals surface area (Å²) in [7, 11) is 0. The summed E-state index contributed by atoms with van der Waals surface area (Å²) in [6.07, 6.45) is 3.11. The molecule has 0 aromatic heterocycles. The number of Topliss-reactive ketones (excluding diaryl/α,β-unsaturated/α-hetero) is 2. The zero-order valence-corrected chi connectivity index (χ0v) is 10.7. The van der Waals surface area contributed by atoms with Crippen molar-refractivity contribution in [3.63, 3.8) is 0 Å². The quantitative estimate of drug-likeness (QED) is 0.622. The topological polar surface area (TPSA) is 34.1 Å². The van der Waals surface area contributed by atoms with Gasteiger partial charge in [0, 0.05) is 29.1 Å². The smallest absolute Gasteiger partial charge is 0.161 e. The van der Waals surface area contributed by atoms with Crippen LogP contribution in [0.15, 0.2) is 9.81 Å². The average Bonchev–Trinajstić information content (AvgIpc) is 2.74. The van der Waals surface area contributed by atoms with E-state index in [1.807, 2.05) is 23.5 Å². The molecule has 0 spiro atoms. The van der Waals surface area contributed by atoms with Crippen molar-refractivity contribution in [3.8, 4) is 0 Å². The van der Waals surface area contributed by atoms with Crippen molar-refractivity contribution in [1.29, 1.82) is 0 Å². The van der Waals surface area contributed by atoms with Crippen LogP contribution >= 0.6 is 23.5 Å². The highest BCUT2D eigenvalue weighted by Crippen LogP contribution is 2.50. The summed E-state index contributed by atoms with van der Waals surface area (Å²) in [5, 5.41) is 0. The Kier molecular flexibility index (Phi) is 2.88. The monoisotopic (exact) mass is 254 g/mol. The van der Waals surface area contributed by atoms with E-state index >= 15 is 0 Å². The molecule has 0 radical (unpaired) electrons. The maximum absolute atomic E-state index is 12.0. The first-order valence-corrected chi connectivity index (χ1v) is 7.77. The van der Waals surface area contributed by atoms with Crippen LogP contribution in [-0.2, 0) is 9.59 Å². The molecule has 3 aliphatic rings. The molecule has 2 aliphatic carbocycles. The molecule has 0 N–H and O–H groups in total. The molecule has 1 saturated heterocycles.